The highest BCUT2D eigenvalue weighted by molar-refractivity contribution is 5.94. The monoisotopic (exact) mass is 553 g/mol. The first-order valence-corrected chi connectivity index (χ1v) is 14.8. The fraction of sp³-hybridized carbons (Fsp3) is 0.545. The number of allylic oxidation sites excluding steroid dienone is 1. The number of benzene rings is 2. The summed E-state index contributed by atoms with van der Waals surface area (Å²) in [5, 5.41) is 0. The van der Waals surface area contributed by atoms with E-state index in [-0.39, 0.29) is 11.5 Å². The lowest BCUT2D eigenvalue weighted by Crippen LogP contribution is -2.51. The number of carbonyl (C=O) groups excluding carboxylic acids is 1. The minimum absolute atomic E-state index is 0.106. The molecule has 7 heteroatoms. The predicted molar refractivity (Wildman–Crippen MR) is 153 cm³/mol. The summed E-state index contributed by atoms with van der Waals surface area (Å²) < 4.78 is 39.3. The van der Waals surface area contributed by atoms with Gasteiger partial charge in [-0.25, -0.2) is 0 Å². The van der Waals surface area contributed by atoms with Crippen LogP contribution in [0.3, 0.4) is 0 Å². The van der Waals surface area contributed by atoms with Gasteiger partial charge in [-0.15, -0.1) is 0 Å². The molecule has 2 aromatic carbocycles. The van der Waals surface area contributed by atoms with E-state index < -0.39 is 11.7 Å². The Morgan fingerprint density at radius 2 is 1.75 bits per heavy atom. The summed E-state index contributed by atoms with van der Waals surface area (Å²) in [5.41, 5.74) is 2.74. The Hall–Kier alpha value is -2.64. The van der Waals surface area contributed by atoms with Crippen molar-refractivity contribution in [2.75, 3.05) is 52.4 Å². The Labute approximate surface area is 236 Å². The normalized spacial score (nSPS) is 22.6. The zero-order valence-electron chi connectivity index (χ0n) is 23.8. The van der Waals surface area contributed by atoms with Crippen LogP contribution in [-0.4, -0.2) is 73.0 Å². The summed E-state index contributed by atoms with van der Waals surface area (Å²) in [7, 11) is 0. The molecule has 2 atom stereocenters. The van der Waals surface area contributed by atoms with Gasteiger partial charge in [0.2, 0.25) is 0 Å². The maximum atomic E-state index is 13.1. The SMILES string of the molecule is CC1(C)C2CC=C(CN(CCCc3ccccc3)CCN3CCN(C(=O)c4cccc(C(F)(F)F)c4)CC3)C1C2. The smallest absolute Gasteiger partial charge is 0.336 e. The van der Waals surface area contributed by atoms with Crippen LogP contribution in [0.4, 0.5) is 13.2 Å². The summed E-state index contributed by atoms with van der Waals surface area (Å²) in [6.45, 7) is 11.4. The van der Waals surface area contributed by atoms with Crippen LogP contribution in [0.2, 0.25) is 0 Å². The van der Waals surface area contributed by atoms with Crippen LogP contribution >= 0.6 is 0 Å². The van der Waals surface area contributed by atoms with E-state index in [0.717, 1.165) is 70.2 Å². The van der Waals surface area contributed by atoms with Gasteiger partial charge in [0.1, 0.15) is 0 Å². The third-order valence-electron chi connectivity index (χ3n) is 9.60. The molecule has 2 fully saturated rings. The van der Waals surface area contributed by atoms with Crippen molar-refractivity contribution in [1.29, 1.82) is 0 Å². The number of halogens is 3. The third-order valence-corrected chi connectivity index (χ3v) is 9.60. The molecule has 1 saturated heterocycles. The molecule has 0 radical (unpaired) electrons. The van der Waals surface area contributed by atoms with Crippen LogP contribution in [0.25, 0.3) is 0 Å². The molecule has 3 aliphatic carbocycles. The van der Waals surface area contributed by atoms with Gasteiger partial charge in [-0.05, 0) is 73.2 Å². The fourth-order valence-corrected chi connectivity index (χ4v) is 6.80. The topological polar surface area (TPSA) is 26.8 Å². The molecule has 4 aliphatic rings. The molecule has 1 heterocycles. The highest BCUT2D eigenvalue weighted by Crippen LogP contribution is 2.59. The molecule has 0 spiro atoms. The first-order chi connectivity index (χ1) is 19.1. The van der Waals surface area contributed by atoms with E-state index >= 15 is 0 Å². The Kier molecular flexibility index (Phi) is 8.72. The molecule has 40 heavy (non-hydrogen) atoms. The lowest BCUT2D eigenvalue weighted by molar-refractivity contribution is -0.137. The predicted octanol–water partition coefficient (Wildman–Crippen LogP) is 6.39. The van der Waals surface area contributed by atoms with Crippen molar-refractivity contribution in [2.45, 2.75) is 45.7 Å². The van der Waals surface area contributed by atoms with E-state index in [4.69, 9.17) is 0 Å². The Bertz CT molecular complexity index is 1180. The lowest BCUT2D eigenvalue weighted by Gasteiger charge is -2.57. The van der Waals surface area contributed by atoms with E-state index in [2.05, 4.69) is 60.1 Å². The van der Waals surface area contributed by atoms with E-state index in [1.807, 2.05) is 0 Å². The van der Waals surface area contributed by atoms with Crippen LogP contribution < -0.4 is 0 Å². The van der Waals surface area contributed by atoms with Gasteiger partial charge < -0.3 is 4.90 Å². The Morgan fingerprint density at radius 1 is 1.00 bits per heavy atom. The second-order valence-corrected chi connectivity index (χ2v) is 12.4. The number of piperazine rings is 1. The lowest BCUT2D eigenvalue weighted by atomic mass is 9.49. The van der Waals surface area contributed by atoms with Crippen molar-refractivity contribution in [1.82, 2.24) is 14.7 Å². The summed E-state index contributed by atoms with van der Waals surface area (Å²) in [6, 6.07) is 15.4. The molecular formula is C33H42F3N3O. The van der Waals surface area contributed by atoms with Crippen molar-refractivity contribution < 1.29 is 18.0 Å². The summed E-state index contributed by atoms with van der Waals surface area (Å²) in [4.78, 5) is 19.6. The second kappa shape index (κ2) is 12.1. The van der Waals surface area contributed by atoms with Crippen molar-refractivity contribution in [3.05, 3.63) is 82.9 Å². The molecule has 2 unspecified atom stereocenters. The van der Waals surface area contributed by atoms with E-state index in [1.165, 1.54) is 30.5 Å². The van der Waals surface area contributed by atoms with Crippen molar-refractivity contribution in [3.63, 3.8) is 0 Å². The number of amides is 1. The molecule has 2 bridgehead atoms. The van der Waals surface area contributed by atoms with Crippen molar-refractivity contribution >= 4 is 5.91 Å². The number of hydrogen-bond acceptors (Lipinski definition) is 3. The van der Waals surface area contributed by atoms with Gasteiger partial charge in [-0.1, -0.05) is 61.9 Å². The first-order valence-electron chi connectivity index (χ1n) is 14.8. The average molecular weight is 554 g/mol. The Morgan fingerprint density at radius 3 is 2.42 bits per heavy atom. The molecule has 4 nitrogen and oxygen atoms in total. The number of rotatable bonds is 10. The number of nitrogens with zero attached hydrogens (tertiary/aromatic N) is 3. The first kappa shape index (κ1) is 28.9. The van der Waals surface area contributed by atoms with E-state index in [1.54, 1.807) is 10.5 Å². The van der Waals surface area contributed by atoms with Crippen LogP contribution in [0, 0.1) is 17.3 Å². The van der Waals surface area contributed by atoms with Gasteiger partial charge in [-0.3, -0.25) is 14.6 Å². The van der Waals surface area contributed by atoms with Crippen molar-refractivity contribution in [3.8, 4) is 0 Å². The summed E-state index contributed by atoms with van der Waals surface area (Å²) in [5.74, 6) is 1.22. The maximum Gasteiger partial charge on any atom is 0.416 e. The van der Waals surface area contributed by atoms with Gasteiger partial charge in [0.15, 0.2) is 0 Å². The summed E-state index contributed by atoms with van der Waals surface area (Å²) >= 11 is 0. The molecule has 0 aromatic heterocycles. The number of carbonyl (C=O) groups is 1. The number of fused-ring (bicyclic) bond motifs is 1. The molecule has 1 amide bonds. The molecule has 1 saturated carbocycles. The van der Waals surface area contributed by atoms with E-state index in [9.17, 15) is 18.0 Å². The number of alkyl halides is 3. The quantitative estimate of drug-likeness (QED) is 0.319. The average Bonchev–Trinajstić information content (AvgIpc) is 2.96. The highest BCUT2D eigenvalue weighted by Gasteiger charge is 2.51. The molecule has 0 N–H and O–H groups in total. The number of aryl methyl sites for hydroxylation is 1. The minimum atomic E-state index is -4.45. The van der Waals surface area contributed by atoms with Crippen LogP contribution in [-0.2, 0) is 12.6 Å². The minimum Gasteiger partial charge on any atom is -0.336 e. The third kappa shape index (κ3) is 6.63. The second-order valence-electron chi connectivity index (χ2n) is 12.4. The maximum absolute atomic E-state index is 13.1. The zero-order chi connectivity index (χ0) is 28.3. The van der Waals surface area contributed by atoms with E-state index in [0.29, 0.717) is 24.4 Å². The standard InChI is InChI=1S/C33H42F3N3O/c1-32(2)28-14-13-27(30(32)23-28)24-38(15-7-10-25-8-4-3-5-9-25)17-16-37-18-20-39(21-19-37)31(40)26-11-6-12-29(22-26)33(34,35)36/h3-6,8-9,11-13,22,28,30H,7,10,14-21,23-24H2,1-2H3. The molecular weight excluding hydrogens is 511 g/mol. The molecule has 6 rings (SSSR count). The largest absolute Gasteiger partial charge is 0.416 e. The van der Waals surface area contributed by atoms with Crippen LogP contribution in [0.15, 0.2) is 66.2 Å². The number of hydrogen-bond donors (Lipinski definition) is 0. The fourth-order valence-electron chi connectivity index (χ4n) is 6.80. The van der Waals surface area contributed by atoms with Crippen LogP contribution in [0.1, 0.15) is 54.6 Å². The van der Waals surface area contributed by atoms with Gasteiger partial charge in [-0.2, -0.15) is 13.2 Å². The molecule has 1 aliphatic heterocycles. The van der Waals surface area contributed by atoms with Gasteiger partial charge >= 0.3 is 6.18 Å². The highest BCUT2D eigenvalue weighted by atomic mass is 19.4. The van der Waals surface area contributed by atoms with Crippen molar-refractivity contribution in [2.24, 2.45) is 17.3 Å². The Balaban J connectivity index is 1.14. The summed E-state index contributed by atoms with van der Waals surface area (Å²) in [6.07, 6.45) is 2.78. The van der Waals surface area contributed by atoms with Gasteiger partial charge in [0, 0.05) is 51.4 Å². The molecule has 216 valence electrons. The molecule has 2 aromatic rings. The van der Waals surface area contributed by atoms with Gasteiger partial charge in [0.05, 0.1) is 5.56 Å². The zero-order valence-corrected chi connectivity index (χ0v) is 23.8. The van der Waals surface area contributed by atoms with Crippen LogP contribution in [0.5, 0.6) is 0 Å². The van der Waals surface area contributed by atoms with Gasteiger partial charge in [0.25, 0.3) is 5.91 Å².